The van der Waals surface area contributed by atoms with Crippen LogP contribution in [-0.4, -0.2) is 27.8 Å². The van der Waals surface area contributed by atoms with Crippen LogP contribution in [0.3, 0.4) is 0 Å². The Morgan fingerprint density at radius 2 is 1.64 bits per heavy atom. The third-order valence-electron chi connectivity index (χ3n) is 6.92. The molecule has 0 saturated carbocycles. The fraction of sp³-hybridized carbons (Fsp3) is 0.121. The van der Waals surface area contributed by atoms with Crippen molar-refractivity contribution in [3.05, 3.63) is 110 Å². The predicted molar refractivity (Wildman–Crippen MR) is 191 cm³/mol. The lowest BCUT2D eigenvalue weighted by atomic mass is 9.94. The van der Waals surface area contributed by atoms with E-state index in [-0.39, 0.29) is 21.6 Å². The van der Waals surface area contributed by atoms with Crippen molar-refractivity contribution in [2.75, 3.05) is 5.32 Å². The van der Waals surface area contributed by atoms with Gasteiger partial charge in [-0.1, -0.05) is 41.4 Å². The first-order valence-corrected chi connectivity index (χ1v) is 15.8. The van der Waals surface area contributed by atoms with Crippen molar-refractivity contribution in [2.24, 2.45) is 15.8 Å². The lowest BCUT2D eigenvalue weighted by Gasteiger charge is -2.10. The molecule has 0 bridgehead atoms. The molecule has 1 aliphatic carbocycles. The number of hydrogen-bond acceptors (Lipinski definition) is 7. The number of nitrogens with zero attached hydrogens (tertiary/aromatic N) is 2. The Morgan fingerprint density at radius 1 is 0.933 bits per heavy atom. The Labute approximate surface area is 283 Å². The van der Waals surface area contributed by atoms with Gasteiger partial charge in [0.15, 0.2) is 5.11 Å². The highest BCUT2D eigenvalue weighted by Gasteiger charge is 2.22. The maximum absolute atomic E-state index is 10.3. The van der Waals surface area contributed by atoms with Crippen LogP contribution < -0.4 is 16.5 Å². The van der Waals surface area contributed by atoms with Gasteiger partial charge in [-0.2, -0.15) is 5.10 Å². The van der Waals surface area contributed by atoms with Gasteiger partial charge >= 0.3 is 0 Å². The van der Waals surface area contributed by atoms with Crippen LogP contribution in [0.5, 0.6) is 11.5 Å². The molecule has 0 spiro atoms. The Balaban J connectivity index is 0.000000179. The van der Waals surface area contributed by atoms with E-state index in [0.717, 1.165) is 65.0 Å². The first-order valence-electron chi connectivity index (χ1n) is 13.9. The molecule has 4 aromatic carbocycles. The number of hydrogen-bond donors (Lipinski definition) is 5. The van der Waals surface area contributed by atoms with E-state index in [4.69, 9.17) is 45.6 Å². The molecular weight excluding hydrogens is 697 g/mol. The van der Waals surface area contributed by atoms with Crippen molar-refractivity contribution in [3.63, 3.8) is 0 Å². The second-order valence-corrected chi connectivity index (χ2v) is 12.2. The van der Waals surface area contributed by atoms with Crippen LogP contribution in [0, 0.1) is 0 Å². The van der Waals surface area contributed by atoms with Gasteiger partial charge in [-0.25, -0.2) is 0 Å². The fourth-order valence-corrected chi connectivity index (χ4v) is 5.83. The number of aryl methyl sites for hydroxylation is 2. The second kappa shape index (κ2) is 14.8. The molecule has 5 aromatic rings. The molecule has 0 radical (unpaired) electrons. The van der Waals surface area contributed by atoms with Gasteiger partial charge < -0.3 is 25.7 Å². The van der Waals surface area contributed by atoms with Crippen molar-refractivity contribution in [3.8, 4) is 11.5 Å². The molecule has 45 heavy (non-hydrogen) atoms. The van der Waals surface area contributed by atoms with Crippen LogP contribution in [0.25, 0.3) is 11.0 Å². The quantitative estimate of drug-likeness (QED) is 0.0671. The van der Waals surface area contributed by atoms with Gasteiger partial charge in [-0.15, -0.1) is 0 Å². The lowest BCUT2D eigenvalue weighted by Crippen LogP contribution is -2.24. The third-order valence-corrected chi connectivity index (χ3v) is 8.12. The number of phenolic OH excluding ortho intramolecular Hbond substituents is 2. The van der Waals surface area contributed by atoms with Gasteiger partial charge in [0.25, 0.3) is 0 Å². The average Bonchev–Trinajstić information content (AvgIpc) is 3.39. The zero-order chi connectivity index (χ0) is 31.9. The number of fused-ring (bicyclic) bond motifs is 3. The summed E-state index contributed by atoms with van der Waals surface area (Å²) in [5.41, 5.74) is 13.6. The SMILES string of the molecule is NC(=S)N/N=C/c1c(O)c(Br)cc2oc3c(c12)CCCC3.Oc1c(Cl)cc(Cl)cc1C=Nc1ccc(Nc2ccccc2)cc1. The van der Waals surface area contributed by atoms with E-state index in [1.54, 1.807) is 12.1 Å². The average molecular weight is 725 g/mol. The molecule has 1 heterocycles. The minimum atomic E-state index is -0.0350. The molecule has 1 aromatic heterocycles. The standard InChI is InChI=1S/C19H14Cl2N2O.C14H14BrN3O2S/c20-14-10-13(19(24)18(21)11-14)12-22-15-6-8-17(9-7-15)23-16-4-2-1-3-5-16;15-9-5-11-12(7-3-1-2-4-10(7)20-11)8(13(9)19)6-17-18-14(16)21/h1-12,23-24H;5-6,19H,1-4H2,(H3,16,18,21)/b;17-6+. The number of thiocarbonyl (C=S) groups is 1. The third kappa shape index (κ3) is 8.15. The summed E-state index contributed by atoms with van der Waals surface area (Å²) in [6.45, 7) is 0. The molecule has 230 valence electrons. The van der Waals surface area contributed by atoms with E-state index in [1.807, 2.05) is 54.6 Å². The summed E-state index contributed by atoms with van der Waals surface area (Å²) in [4.78, 5) is 4.34. The Hall–Kier alpha value is -4.09. The number of anilines is 2. The van der Waals surface area contributed by atoms with E-state index < -0.39 is 0 Å². The molecule has 0 aliphatic heterocycles. The first kappa shape index (κ1) is 32.3. The number of halogens is 3. The van der Waals surface area contributed by atoms with Crippen LogP contribution in [0.2, 0.25) is 10.0 Å². The topological polar surface area (TPSA) is 128 Å². The summed E-state index contributed by atoms with van der Waals surface area (Å²) >= 11 is 19.9. The number of hydrazone groups is 1. The second-order valence-electron chi connectivity index (χ2n) is 10.1. The summed E-state index contributed by atoms with van der Waals surface area (Å²) in [6.07, 6.45) is 7.20. The van der Waals surface area contributed by atoms with Gasteiger partial charge in [0.05, 0.1) is 21.4 Å². The molecule has 6 N–H and O–H groups in total. The summed E-state index contributed by atoms with van der Waals surface area (Å²) in [7, 11) is 0. The number of nitrogens with one attached hydrogen (secondary N) is 2. The molecule has 0 saturated heterocycles. The maximum atomic E-state index is 10.3. The molecule has 0 atom stereocenters. The Kier molecular flexibility index (Phi) is 10.6. The maximum Gasteiger partial charge on any atom is 0.184 e. The minimum Gasteiger partial charge on any atom is -0.506 e. The number of benzene rings is 4. The highest BCUT2D eigenvalue weighted by molar-refractivity contribution is 9.10. The van der Waals surface area contributed by atoms with E-state index in [1.165, 1.54) is 18.5 Å². The number of aliphatic imine (C=N–C) groups is 1. The summed E-state index contributed by atoms with van der Waals surface area (Å²) < 4.78 is 6.49. The van der Waals surface area contributed by atoms with Crippen LogP contribution in [0.4, 0.5) is 17.1 Å². The smallest absolute Gasteiger partial charge is 0.184 e. The highest BCUT2D eigenvalue weighted by Crippen LogP contribution is 2.40. The van der Waals surface area contributed by atoms with Crippen LogP contribution in [0.1, 0.15) is 35.3 Å². The number of aromatic hydroxyl groups is 2. The van der Waals surface area contributed by atoms with Gasteiger partial charge in [-0.3, -0.25) is 10.4 Å². The van der Waals surface area contributed by atoms with Crippen LogP contribution >= 0.6 is 51.3 Å². The number of phenols is 2. The van der Waals surface area contributed by atoms with Crippen LogP contribution in [-0.2, 0) is 12.8 Å². The van der Waals surface area contributed by atoms with Crippen molar-refractivity contribution in [2.45, 2.75) is 25.7 Å². The first-order chi connectivity index (χ1) is 21.7. The molecule has 6 rings (SSSR count). The van der Waals surface area contributed by atoms with Gasteiger partial charge in [0.2, 0.25) is 0 Å². The van der Waals surface area contributed by atoms with Gasteiger partial charge in [0.1, 0.15) is 22.8 Å². The number of furan rings is 1. The van der Waals surface area contributed by atoms with E-state index in [9.17, 15) is 10.2 Å². The van der Waals surface area contributed by atoms with Crippen molar-refractivity contribution in [1.29, 1.82) is 0 Å². The Morgan fingerprint density at radius 3 is 2.38 bits per heavy atom. The van der Waals surface area contributed by atoms with Crippen molar-refractivity contribution >= 4 is 96.9 Å². The number of nitrogens with two attached hydrogens (primary N) is 1. The number of rotatable bonds is 6. The fourth-order valence-electron chi connectivity index (χ4n) is 4.85. The molecule has 1 aliphatic rings. The monoisotopic (exact) mass is 723 g/mol. The van der Waals surface area contributed by atoms with Crippen molar-refractivity contribution < 1.29 is 14.6 Å². The highest BCUT2D eigenvalue weighted by atomic mass is 79.9. The normalized spacial score (nSPS) is 12.6. The Bertz CT molecular complexity index is 1900. The zero-order valence-corrected chi connectivity index (χ0v) is 27.6. The van der Waals surface area contributed by atoms with Crippen molar-refractivity contribution in [1.82, 2.24) is 5.43 Å². The molecule has 0 unspecified atom stereocenters. The van der Waals surface area contributed by atoms with E-state index in [2.05, 4.69) is 36.8 Å². The summed E-state index contributed by atoms with van der Waals surface area (Å²) in [5, 5.41) is 29.1. The largest absolute Gasteiger partial charge is 0.506 e. The number of para-hydroxylation sites is 1. The zero-order valence-electron chi connectivity index (χ0n) is 23.7. The van der Waals surface area contributed by atoms with Gasteiger partial charge in [-0.05, 0) is 102 Å². The summed E-state index contributed by atoms with van der Waals surface area (Å²) in [6, 6.07) is 22.4. The molecule has 0 amide bonds. The lowest BCUT2D eigenvalue weighted by molar-refractivity contribution is 0.471. The van der Waals surface area contributed by atoms with Crippen LogP contribution in [0.15, 0.2) is 91.8 Å². The molecule has 12 heteroatoms. The minimum absolute atomic E-state index is 0.0350. The predicted octanol–water partition coefficient (Wildman–Crippen LogP) is 9.14. The molecule has 8 nitrogen and oxygen atoms in total. The summed E-state index contributed by atoms with van der Waals surface area (Å²) in [5.74, 6) is 1.10. The molecule has 0 fully saturated rings. The van der Waals surface area contributed by atoms with E-state index >= 15 is 0 Å². The van der Waals surface area contributed by atoms with Gasteiger partial charge in [0, 0.05) is 51.1 Å². The molecular formula is C33H28BrCl2N5O3S. The van der Waals surface area contributed by atoms with E-state index in [0.29, 0.717) is 20.6 Å².